The highest BCUT2D eigenvalue weighted by Gasteiger charge is 2.05. The fourth-order valence-corrected chi connectivity index (χ4v) is 0.960. The second-order valence-electron chi connectivity index (χ2n) is 3.33. The third-order valence-electron chi connectivity index (χ3n) is 1.84. The van der Waals surface area contributed by atoms with Crippen LogP contribution in [0.2, 0.25) is 0 Å². The number of esters is 1. The lowest BCUT2D eigenvalue weighted by atomic mass is 10.3. The lowest BCUT2D eigenvalue weighted by molar-refractivity contribution is -0.149. The van der Waals surface area contributed by atoms with Gasteiger partial charge in [-0.1, -0.05) is 0 Å². The maximum absolute atomic E-state index is 11.0. The van der Waals surface area contributed by atoms with Crippen molar-refractivity contribution in [3.8, 4) is 0 Å². The fraction of sp³-hybridized carbons (Fsp3) is 0.818. The average molecular weight is 264 g/mol. The number of rotatable bonds is 12. The van der Waals surface area contributed by atoms with Gasteiger partial charge in [0.25, 0.3) is 0 Å². The fourth-order valence-electron chi connectivity index (χ4n) is 0.960. The molecule has 0 atom stereocenters. The molecular weight excluding hydrogens is 244 g/mol. The van der Waals surface area contributed by atoms with Crippen molar-refractivity contribution in [3.63, 3.8) is 0 Å². The monoisotopic (exact) mass is 264 g/mol. The zero-order valence-electron chi connectivity index (χ0n) is 10.6. The van der Waals surface area contributed by atoms with Crippen LogP contribution in [-0.4, -0.2) is 63.8 Å². The Bertz CT molecular complexity index is 229. The van der Waals surface area contributed by atoms with Crippen molar-refractivity contribution in [2.45, 2.75) is 12.8 Å². The molecule has 7 nitrogen and oxygen atoms in total. The average Bonchev–Trinajstić information content (AvgIpc) is 2.34. The van der Waals surface area contributed by atoms with Gasteiger partial charge < -0.3 is 24.1 Å². The molecule has 0 saturated heterocycles. The van der Waals surface area contributed by atoms with Gasteiger partial charge in [0.15, 0.2) is 0 Å². The Kier molecular flexibility index (Phi) is 11.5. The number of carboxylic acids is 1. The predicted molar refractivity (Wildman–Crippen MR) is 61.3 cm³/mol. The normalized spacial score (nSPS) is 10.3. The summed E-state index contributed by atoms with van der Waals surface area (Å²) >= 11 is 0. The minimum Gasteiger partial charge on any atom is -0.481 e. The van der Waals surface area contributed by atoms with Crippen molar-refractivity contribution < 1.29 is 33.6 Å². The number of hydrogen-bond donors (Lipinski definition) is 1. The molecule has 0 spiro atoms. The van der Waals surface area contributed by atoms with Crippen molar-refractivity contribution in [2.24, 2.45) is 0 Å². The quantitative estimate of drug-likeness (QED) is 0.394. The first kappa shape index (κ1) is 16.8. The largest absolute Gasteiger partial charge is 0.481 e. The molecule has 106 valence electrons. The Hall–Kier alpha value is -1.18. The number of carboxylic acid groups (broad SMARTS) is 1. The highest BCUT2D eigenvalue weighted by Crippen LogP contribution is 1.92. The van der Waals surface area contributed by atoms with Crippen LogP contribution in [0.5, 0.6) is 0 Å². The lowest BCUT2D eigenvalue weighted by Crippen LogP contribution is -2.14. The van der Waals surface area contributed by atoms with E-state index in [2.05, 4.69) is 0 Å². The van der Waals surface area contributed by atoms with E-state index in [1.54, 1.807) is 7.11 Å². The maximum atomic E-state index is 11.0. The summed E-state index contributed by atoms with van der Waals surface area (Å²) < 4.78 is 19.8. The van der Waals surface area contributed by atoms with E-state index in [4.69, 9.17) is 24.1 Å². The highest BCUT2D eigenvalue weighted by molar-refractivity contribution is 5.76. The van der Waals surface area contributed by atoms with E-state index in [1.807, 2.05) is 0 Å². The molecule has 0 fully saturated rings. The molecule has 0 aromatic rings. The van der Waals surface area contributed by atoms with E-state index in [0.717, 1.165) is 0 Å². The van der Waals surface area contributed by atoms with Crippen molar-refractivity contribution in [2.75, 3.05) is 46.8 Å². The summed E-state index contributed by atoms with van der Waals surface area (Å²) in [5.74, 6) is -1.55. The molecule has 18 heavy (non-hydrogen) atoms. The summed E-state index contributed by atoms with van der Waals surface area (Å²) in [5.41, 5.74) is 0. The third kappa shape index (κ3) is 12.9. The van der Waals surface area contributed by atoms with Gasteiger partial charge >= 0.3 is 11.9 Å². The minimum absolute atomic E-state index is 0.116. The smallest absolute Gasteiger partial charge is 0.306 e. The van der Waals surface area contributed by atoms with Gasteiger partial charge in [0, 0.05) is 7.11 Å². The van der Waals surface area contributed by atoms with Gasteiger partial charge in [-0.15, -0.1) is 0 Å². The van der Waals surface area contributed by atoms with E-state index < -0.39 is 11.9 Å². The van der Waals surface area contributed by atoms with Crippen molar-refractivity contribution >= 4 is 11.9 Å². The number of aliphatic carboxylic acids is 1. The summed E-state index contributed by atoms with van der Waals surface area (Å²) in [6, 6.07) is 0. The number of ether oxygens (including phenoxy) is 4. The first-order valence-corrected chi connectivity index (χ1v) is 5.68. The molecule has 0 unspecified atom stereocenters. The van der Waals surface area contributed by atoms with Gasteiger partial charge in [-0.3, -0.25) is 9.59 Å². The molecule has 0 saturated carbocycles. The number of hydrogen-bond acceptors (Lipinski definition) is 6. The van der Waals surface area contributed by atoms with Gasteiger partial charge in [-0.05, 0) is 0 Å². The van der Waals surface area contributed by atoms with Crippen LogP contribution in [0.15, 0.2) is 0 Å². The van der Waals surface area contributed by atoms with E-state index >= 15 is 0 Å². The van der Waals surface area contributed by atoms with Crippen molar-refractivity contribution in [3.05, 3.63) is 0 Å². The zero-order chi connectivity index (χ0) is 13.6. The van der Waals surface area contributed by atoms with Gasteiger partial charge in [0.05, 0.1) is 45.9 Å². The standard InChI is InChI=1S/C11H20O7/c1-15-4-5-16-6-7-17-8-9-18-11(14)3-2-10(12)13/h2-9H2,1H3,(H,12,13). The molecule has 0 aromatic heterocycles. The first-order valence-electron chi connectivity index (χ1n) is 5.68. The Balaban J connectivity index is 3.15. The predicted octanol–water partition coefficient (Wildman–Crippen LogP) is 0.0740. The second-order valence-corrected chi connectivity index (χ2v) is 3.33. The van der Waals surface area contributed by atoms with Gasteiger partial charge in [-0.25, -0.2) is 0 Å². The van der Waals surface area contributed by atoms with Crippen LogP contribution in [0.1, 0.15) is 12.8 Å². The summed E-state index contributed by atoms with van der Waals surface area (Å²) in [5, 5.41) is 8.34. The Morgan fingerprint density at radius 2 is 1.44 bits per heavy atom. The second kappa shape index (κ2) is 12.3. The molecule has 0 aromatic carbocycles. The van der Waals surface area contributed by atoms with E-state index in [1.165, 1.54) is 0 Å². The molecule has 7 heteroatoms. The van der Waals surface area contributed by atoms with E-state index in [-0.39, 0.29) is 26.1 Å². The molecule has 0 aliphatic carbocycles. The molecule has 0 aliphatic rings. The number of carbonyl (C=O) groups is 2. The van der Waals surface area contributed by atoms with Crippen LogP contribution in [0, 0.1) is 0 Å². The SMILES string of the molecule is COCCOCCOCCOC(=O)CCC(=O)O. The van der Waals surface area contributed by atoms with Crippen molar-refractivity contribution in [1.29, 1.82) is 0 Å². The molecule has 0 rings (SSSR count). The topological polar surface area (TPSA) is 91.3 Å². The van der Waals surface area contributed by atoms with Crippen LogP contribution < -0.4 is 0 Å². The molecule has 0 aliphatic heterocycles. The summed E-state index contributed by atoms with van der Waals surface area (Å²) in [6.07, 6.45) is -0.331. The third-order valence-corrected chi connectivity index (χ3v) is 1.84. The molecule has 0 heterocycles. The number of methoxy groups -OCH3 is 1. The summed E-state index contributed by atoms with van der Waals surface area (Å²) in [7, 11) is 1.60. The zero-order valence-corrected chi connectivity index (χ0v) is 10.6. The molecule has 0 bridgehead atoms. The van der Waals surface area contributed by atoms with E-state index in [9.17, 15) is 9.59 Å². The lowest BCUT2D eigenvalue weighted by Gasteiger charge is -2.06. The van der Waals surface area contributed by atoms with Crippen LogP contribution in [0.3, 0.4) is 0 Å². The Morgan fingerprint density at radius 1 is 0.889 bits per heavy atom. The van der Waals surface area contributed by atoms with Gasteiger partial charge in [0.2, 0.25) is 0 Å². The van der Waals surface area contributed by atoms with Crippen LogP contribution in [-0.2, 0) is 28.5 Å². The molecular formula is C11H20O7. The van der Waals surface area contributed by atoms with Crippen LogP contribution in [0.25, 0.3) is 0 Å². The first-order chi connectivity index (χ1) is 8.66. The maximum Gasteiger partial charge on any atom is 0.306 e. The van der Waals surface area contributed by atoms with E-state index in [0.29, 0.717) is 26.4 Å². The Labute approximate surface area is 106 Å². The van der Waals surface area contributed by atoms with Gasteiger partial charge in [-0.2, -0.15) is 0 Å². The number of carbonyl (C=O) groups excluding carboxylic acids is 1. The van der Waals surface area contributed by atoms with Crippen LogP contribution >= 0.6 is 0 Å². The van der Waals surface area contributed by atoms with Gasteiger partial charge in [0.1, 0.15) is 6.61 Å². The highest BCUT2D eigenvalue weighted by atomic mass is 16.6. The van der Waals surface area contributed by atoms with Crippen LogP contribution in [0.4, 0.5) is 0 Å². The summed E-state index contributed by atoms with van der Waals surface area (Å²) in [6.45, 7) is 2.32. The molecule has 0 radical (unpaired) electrons. The molecule has 0 amide bonds. The summed E-state index contributed by atoms with van der Waals surface area (Å²) in [4.78, 5) is 21.1. The Morgan fingerprint density at radius 3 is 2.00 bits per heavy atom. The molecule has 1 N–H and O–H groups in total. The van der Waals surface area contributed by atoms with Crippen molar-refractivity contribution in [1.82, 2.24) is 0 Å². The minimum atomic E-state index is -1.02.